The van der Waals surface area contributed by atoms with Crippen molar-refractivity contribution >= 4 is 33.4 Å². The third-order valence-electron chi connectivity index (χ3n) is 5.22. The Kier molecular flexibility index (Phi) is 8.31. The van der Waals surface area contributed by atoms with E-state index >= 15 is 0 Å². The summed E-state index contributed by atoms with van der Waals surface area (Å²) >= 11 is 3.43. The number of hydrogen-bond acceptors (Lipinski definition) is 3. The Morgan fingerprint density at radius 3 is 2.47 bits per heavy atom. The van der Waals surface area contributed by atoms with Crippen molar-refractivity contribution in [2.24, 2.45) is 0 Å². The number of nitrogens with zero attached hydrogens (tertiary/aromatic N) is 1. The van der Waals surface area contributed by atoms with Gasteiger partial charge in [-0.15, -0.1) is 0 Å². The van der Waals surface area contributed by atoms with Crippen LogP contribution in [0.3, 0.4) is 0 Å². The fourth-order valence-electron chi connectivity index (χ4n) is 3.51. The molecule has 160 valence electrons. The zero-order valence-corrected chi connectivity index (χ0v) is 19.0. The van der Waals surface area contributed by atoms with Gasteiger partial charge in [0.15, 0.2) is 0 Å². The average molecular weight is 473 g/mol. The molecule has 0 bridgehead atoms. The second-order valence-corrected chi connectivity index (χ2v) is 8.50. The monoisotopic (exact) mass is 472 g/mol. The second-order valence-electron chi connectivity index (χ2n) is 7.58. The smallest absolute Gasteiger partial charge is 0.259 e. The maximum atomic E-state index is 12.9. The van der Waals surface area contributed by atoms with Gasteiger partial charge in [-0.05, 0) is 61.7 Å². The summed E-state index contributed by atoms with van der Waals surface area (Å²) in [4.78, 5) is 27.2. The predicted molar refractivity (Wildman–Crippen MR) is 123 cm³/mol. The highest BCUT2D eigenvalue weighted by Crippen LogP contribution is 2.25. The molecule has 2 amide bonds. The van der Waals surface area contributed by atoms with Crippen molar-refractivity contribution in [1.82, 2.24) is 4.90 Å². The van der Waals surface area contributed by atoms with Gasteiger partial charge in [0, 0.05) is 28.8 Å². The third-order valence-corrected chi connectivity index (χ3v) is 5.72. The summed E-state index contributed by atoms with van der Waals surface area (Å²) in [7, 11) is 0. The molecule has 0 spiro atoms. The summed E-state index contributed by atoms with van der Waals surface area (Å²) in [6.07, 6.45) is 6.58. The van der Waals surface area contributed by atoms with Gasteiger partial charge in [0.1, 0.15) is 5.75 Å². The average Bonchev–Trinajstić information content (AvgIpc) is 3.29. The highest BCUT2D eigenvalue weighted by molar-refractivity contribution is 9.10. The standard InChI is InChI=1S/C24H29BrN2O3/c1-2-3-4-7-16-30-22-13-10-19(25)17-21(22)23(28)26-20-11-8-18(9-12-20)24(29)27-14-5-6-15-27/h8-13,17H,2-7,14-16H2,1H3,(H,26,28). The number of nitrogens with one attached hydrogen (secondary N) is 1. The van der Waals surface area contributed by atoms with E-state index in [9.17, 15) is 9.59 Å². The van der Waals surface area contributed by atoms with E-state index in [0.717, 1.165) is 43.2 Å². The number of hydrogen-bond donors (Lipinski definition) is 1. The molecule has 1 heterocycles. The number of amides is 2. The summed E-state index contributed by atoms with van der Waals surface area (Å²) in [6.45, 7) is 4.41. The van der Waals surface area contributed by atoms with Gasteiger partial charge in [0.2, 0.25) is 0 Å². The number of anilines is 1. The van der Waals surface area contributed by atoms with E-state index in [4.69, 9.17) is 4.74 Å². The van der Waals surface area contributed by atoms with Gasteiger partial charge in [0.25, 0.3) is 11.8 Å². The van der Waals surface area contributed by atoms with E-state index in [1.165, 1.54) is 12.8 Å². The summed E-state index contributed by atoms with van der Waals surface area (Å²) < 4.78 is 6.69. The number of rotatable bonds is 9. The van der Waals surface area contributed by atoms with E-state index in [-0.39, 0.29) is 11.8 Å². The van der Waals surface area contributed by atoms with Crippen molar-refractivity contribution in [3.05, 3.63) is 58.1 Å². The van der Waals surface area contributed by atoms with E-state index in [1.54, 1.807) is 30.3 Å². The molecule has 3 rings (SSSR count). The van der Waals surface area contributed by atoms with E-state index < -0.39 is 0 Å². The highest BCUT2D eigenvalue weighted by atomic mass is 79.9. The molecular formula is C24H29BrN2O3. The van der Waals surface area contributed by atoms with Gasteiger partial charge >= 0.3 is 0 Å². The van der Waals surface area contributed by atoms with Crippen LogP contribution in [-0.4, -0.2) is 36.4 Å². The van der Waals surface area contributed by atoms with Crippen LogP contribution >= 0.6 is 15.9 Å². The van der Waals surface area contributed by atoms with Gasteiger partial charge in [-0.1, -0.05) is 42.1 Å². The van der Waals surface area contributed by atoms with E-state index in [2.05, 4.69) is 28.2 Å². The van der Waals surface area contributed by atoms with Gasteiger partial charge in [0.05, 0.1) is 12.2 Å². The quantitative estimate of drug-likeness (QED) is 0.462. The Morgan fingerprint density at radius 2 is 1.77 bits per heavy atom. The summed E-state index contributed by atoms with van der Waals surface area (Å²) in [5, 5.41) is 2.91. The minimum absolute atomic E-state index is 0.0520. The maximum absolute atomic E-state index is 12.9. The molecule has 1 fully saturated rings. The molecule has 0 atom stereocenters. The van der Waals surface area contributed by atoms with Crippen LogP contribution in [0.2, 0.25) is 0 Å². The Morgan fingerprint density at radius 1 is 1.03 bits per heavy atom. The predicted octanol–water partition coefficient (Wildman–Crippen LogP) is 5.90. The minimum Gasteiger partial charge on any atom is -0.493 e. The van der Waals surface area contributed by atoms with Crippen molar-refractivity contribution in [3.63, 3.8) is 0 Å². The Balaban J connectivity index is 1.63. The van der Waals surface area contributed by atoms with Crippen molar-refractivity contribution in [1.29, 1.82) is 0 Å². The molecule has 1 saturated heterocycles. The van der Waals surface area contributed by atoms with Crippen LogP contribution in [0.1, 0.15) is 66.2 Å². The van der Waals surface area contributed by atoms with Crippen LogP contribution in [0.25, 0.3) is 0 Å². The van der Waals surface area contributed by atoms with Gasteiger partial charge in [-0.2, -0.15) is 0 Å². The minimum atomic E-state index is -0.238. The molecule has 1 N–H and O–H groups in total. The third kappa shape index (κ3) is 6.08. The van der Waals surface area contributed by atoms with Crippen molar-refractivity contribution < 1.29 is 14.3 Å². The lowest BCUT2D eigenvalue weighted by Crippen LogP contribution is -2.27. The zero-order valence-electron chi connectivity index (χ0n) is 17.5. The fourth-order valence-corrected chi connectivity index (χ4v) is 3.87. The molecule has 2 aromatic carbocycles. The molecule has 0 aromatic heterocycles. The SMILES string of the molecule is CCCCCCOc1ccc(Br)cc1C(=O)Nc1ccc(C(=O)N2CCCC2)cc1. The Hall–Kier alpha value is -2.34. The Bertz CT molecular complexity index is 861. The van der Waals surface area contributed by atoms with Gasteiger partial charge in [-0.25, -0.2) is 0 Å². The van der Waals surface area contributed by atoms with Crippen LogP contribution in [0.5, 0.6) is 5.75 Å². The number of ether oxygens (including phenoxy) is 1. The first-order valence-electron chi connectivity index (χ1n) is 10.7. The number of benzene rings is 2. The molecule has 5 nitrogen and oxygen atoms in total. The van der Waals surface area contributed by atoms with Crippen molar-refractivity contribution in [2.45, 2.75) is 45.4 Å². The maximum Gasteiger partial charge on any atom is 0.259 e. The van der Waals surface area contributed by atoms with Crippen molar-refractivity contribution in [3.8, 4) is 5.75 Å². The normalized spacial score (nSPS) is 13.3. The molecule has 0 unspecified atom stereocenters. The molecule has 2 aromatic rings. The first-order valence-corrected chi connectivity index (χ1v) is 11.5. The molecule has 30 heavy (non-hydrogen) atoms. The molecular weight excluding hydrogens is 444 g/mol. The fraction of sp³-hybridized carbons (Fsp3) is 0.417. The lowest BCUT2D eigenvalue weighted by molar-refractivity contribution is 0.0792. The number of unbranched alkanes of at least 4 members (excludes halogenated alkanes) is 3. The van der Waals surface area contributed by atoms with Crippen LogP contribution in [0.4, 0.5) is 5.69 Å². The topological polar surface area (TPSA) is 58.6 Å². The molecule has 0 saturated carbocycles. The van der Waals surface area contributed by atoms with E-state index in [0.29, 0.717) is 29.2 Å². The highest BCUT2D eigenvalue weighted by Gasteiger charge is 2.19. The number of carbonyl (C=O) groups excluding carboxylic acids is 2. The first-order chi connectivity index (χ1) is 14.6. The molecule has 6 heteroatoms. The summed E-state index contributed by atoms with van der Waals surface area (Å²) in [5.41, 5.74) is 1.78. The molecule has 1 aliphatic rings. The number of halogens is 1. The second kappa shape index (κ2) is 11.2. The largest absolute Gasteiger partial charge is 0.493 e. The number of likely N-dealkylation sites (tertiary alicyclic amines) is 1. The van der Waals surface area contributed by atoms with Gasteiger partial charge in [-0.3, -0.25) is 9.59 Å². The number of carbonyl (C=O) groups is 2. The lowest BCUT2D eigenvalue weighted by atomic mass is 10.1. The lowest BCUT2D eigenvalue weighted by Gasteiger charge is -2.15. The van der Waals surface area contributed by atoms with E-state index in [1.807, 2.05) is 17.0 Å². The van der Waals surface area contributed by atoms with Crippen LogP contribution < -0.4 is 10.1 Å². The zero-order chi connectivity index (χ0) is 21.3. The summed E-state index contributed by atoms with van der Waals surface area (Å²) in [6, 6.07) is 12.5. The van der Waals surface area contributed by atoms with Crippen molar-refractivity contribution in [2.75, 3.05) is 25.0 Å². The molecule has 1 aliphatic heterocycles. The Labute approximate surface area is 186 Å². The summed E-state index contributed by atoms with van der Waals surface area (Å²) in [5.74, 6) is 0.391. The molecule has 0 radical (unpaired) electrons. The van der Waals surface area contributed by atoms with Crippen LogP contribution in [-0.2, 0) is 0 Å². The van der Waals surface area contributed by atoms with Gasteiger partial charge < -0.3 is 15.0 Å². The van der Waals surface area contributed by atoms with Crippen LogP contribution in [0, 0.1) is 0 Å². The first kappa shape index (κ1) is 22.3. The molecule has 0 aliphatic carbocycles. The van der Waals surface area contributed by atoms with Crippen LogP contribution in [0.15, 0.2) is 46.9 Å².